The maximum Gasteiger partial charge on any atom is 0.329 e. The molecule has 0 aromatic heterocycles. The van der Waals surface area contributed by atoms with Gasteiger partial charge in [0.05, 0.1) is 45.5 Å². The van der Waals surface area contributed by atoms with E-state index in [1.54, 1.807) is 7.11 Å². The van der Waals surface area contributed by atoms with E-state index in [-0.39, 0.29) is 37.7 Å². The Labute approximate surface area is 307 Å². The molecule has 10 nitrogen and oxygen atoms in total. The highest BCUT2D eigenvalue weighted by Crippen LogP contribution is 2.44. The average molecular weight is 722 g/mol. The molecular formula is C40H52ClN3O7. The Balaban J connectivity index is 1.22. The average Bonchev–Trinajstić information content (AvgIpc) is 3.11. The molecule has 0 radical (unpaired) electrons. The number of nitrogens with zero attached hydrogens (tertiary/aromatic N) is 3. The number of likely N-dealkylation sites (N-methyl/N-ethyl adjacent to an activating group) is 1. The van der Waals surface area contributed by atoms with Gasteiger partial charge < -0.3 is 38.8 Å². The molecule has 3 aromatic carbocycles. The van der Waals surface area contributed by atoms with Gasteiger partial charge in [-0.3, -0.25) is 4.79 Å². The lowest BCUT2D eigenvalue weighted by molar-refractivity contribution is -0.142. The molecule has 5 rings (SSSR count). The van der Waals surface area contributed by atoms with Crippen LogP contribution >= 0.6 is 11.6 Å². The maximum absolute atomic E-state index is 13.9. The summed E-state index contributed by atoms with van der Waals surface area (Å²) in [6.07, 6.45) is 4.85. The Kier molecular flexibility index (Phi) is 13.6. The number of aliphatic carboxylic acids is 1. The minimum atomic E-state index is -0.968. The number of amides is 1. The number of carboxylic acids is 1. The van der Waals surface area contributed by atoms with Crippen LogP contribution in [0.3, 0.4) is 0 Å². The summed E-state index contributed by atoms with van der Waals surface area (Å²) in [6.45, 7) is 6.78. The Morgan fingerprint density at radius 3 is 2.27 bits per heavy atom. The van der Waals surface area contributed by atoms with Gasteiger partial charge in [-0.1, -0.05) is 23.7 Å². The first-order chi connectivity index (χ1) is 24.5. The number of hydrogen-bond donors (Lipinski definition) is 1. The summed E-state index contributed by atoms with van der Waals surface area (Å²) >= 11 is 6.29. The van der Waals surface area contributed by atoms with Gasteiger partial charge in [0.15, 0.2) is 11.5 Å². The predicted octanol–water partition coefficient (Wildman–Crippen LogP) is 6.86. The summed E-state index contributed by atoms with van der Waals surface area (Å²) in [5.74, 6) is 0.931. The Morgan fingerprint density at radius 1 is 0.941 bits per heavy atom. The summed E-state index contributed by atoms with van der Waals surface area (Å²) in [7, 11) is 5.92. The molecule has 1 fully saturated rings. The molecular weight excluding hydrogens is 670 g/mol. The van der Waals surface area contributed by atoms with E-state index in [2.05, 4.69) is 48.2 Å². The predicted molar refractivity (Wildman–Crippen MR) is 201 cm³/mol. The van der Waals surface area contributed by atoms with Crippen molar-refractivity contribution in [2.24, 2.45) is 5.92 Å². The molecule has 0 bridgehead atoms. The van der Waals surface area contributed by atoms with Crippen LogP contribution in [0.5, 0.6) is 11.5 Å². The van der Waals surface area contributed by atoms with E-state index in [1.807, 2.05) is 55.1 Å². The molecule has 276 valence electrons. The minimum Gasteiger partial charge on any atom is -0.493 e. The second kappa shape index (κ2) is 18.1. The van der Waals surface area contributed by atoms with Gasteiger partial charge in [-0.15, -0.1) is 0 Å². The van der Waals surface area contributed by atoms with Crippen molar-refractivity contribution in [2.75, 3.05) is 70.5 Å². The van der Waals surface area contributed by atoms with Crippen molar-refractivity contribution in [3.05, 3.63) is 82.4 Å². The molecule has 1 unspecified atom stereocenters. The normalized spacial score (nSPS) is 18.9. The fraction of sp³-hybridized carbons (Fsp3) is 0.500. The zero-order chi connectivity index (χ0) is 36.5. The summed E-state index contributed by atoms with van der Waals surface area (Å²) in [4.78, 5) is 31.1. The summed E-state index contributed by atoms with van der Waals surface area (Å²) in [5, 5.41) is 9.27. The summed E-state index contributed by atoms with van der Waals surface area (Å²) < 4.78 is 22.5. The first-order valence-corrected chi connectivity index (χ1v) is 18.3. The van der Waals surface area contributed by atoms with Crippen LogP contribution in [0.4, 0.5) is 11.4 Å². The number of carboxylic acid groups (broad SMARTS) is 1. The highest BCUT2D eigenvalue weighted by Gasteiger charge is 2.36. The third-order valence-corrected chi connectivity index (χ3v) is 10.1. The number of carbonyl (C=O) groups excluding carboxylic acids is 1. The molecule has 1 aliphatic carbocycles. The largest absolute Gasteiger partial charge is 0.493 e. The highest BCUT2D eigenvalue weighted by molar-refractivity contribution is 6.30. The van der Waals surface area contributed by atoms with Crippen LogP contribution < -0.4 is 19.3 Å². The van der Waals surface area contributed by atoms with Crippen LogP contribution in [-0.2, 0) is 25.5 Å². The van der Waals surface area contributed by atoms with Crippen molar-refractivity contribution in [3.63, 3.8) is 0 Å². The van der Waals surface area contributed by atoms with Gasteiger partial charge in [0.25, 0.3) is 0 Å². The van der Waals surface area contributed by atoms with Crippen molar-refractivity contribution in [1.29, 1.82) is 0 Å². The van der Waals surface area contributed by atoms with Crippen molar-refractivity contribution < 1.29 is 33.6 Å². The van der Waals surface area contributed by atoms with Crippen LogP contribution in [-0.4, -0.2) is 94.8 Å². The van der Waals surface area contributed by atoms with Crippen LogP contribution in [0.15, 0.2) is 60.7 Å². The number of methoxy groups -OCH3 is 1. The SMILES string of the molecule is COc1cc2c(cc1OC(C)C)C(c1ccc(Cl)cc1)N(c1ccc(N(C)CC3CCC(N(C)CCOCCOCC(=O)O)CC3)cc1)C(=O)C2. The number of rotatable bonds is 17. The Morgan fingerprint density at radius 2 is 1.63 bits per heavy atom. The highest BCUT2D eigenvalue weighted by atomic mass is 35.5. The van der Waals surface area contributed by atoms with E-state index in [4.69, 9.17) is 35.7 Å². The lowest BCUT2D eigenvalue weighted by atomic mass is 9.85. The molecule has 11 heteroatoms. The van der Waals surface area contributed by atoms with Crippen LogP contribution in [0, 0.1) is 5.92 Å². The van der Waals surface area contributed by atoms with Gasteiger partial charge in [0, 0.05) is 42.6 Å². The molecule has 1 N–H and O–H groups in total. The standard InChI is InChI=1S/C40H52ClN3O7/c1-27(2)51-37-24-35-30(22-36(37)48-5)23-38(45)44(40(35)29-8-10-31(41)11-9-29)34-16-14-33(15-17-34)43(4)25-28-6-12-32(13-7-28)42(3)18-19-49-20-21-50-26-39(46)47/h8-11,14-17,22,24,27-28,32,40H,6-7,12-13,18-21,23,25-26H2,1-5H3,(H,46,47). The summed E-state index contributed by atoms with van der Waals surface area (Å²) in [5.41, 5.74) is 4.85. The molecule has 3 aromatic rings. The van der Waals surface area contributed by atoms with Gasteiger partial charge in [-0.2, -0.15) is 0 Å². The molecule has 2 aliphatic rings. The number of ether oxygens (including phenoxy) is 4. The fourth-order valence-electron chi connectivity index (χ4n) is 7.23. The number of fused-ring (bicyclic) bond motifs is 1. The second-order valence-corrected chi connectivity index (χ2v) is 14.3. The molecule has 0 spiro atoms. The molecule has 51 heavy (non-hydrogen) atoms. The van der Waals surface area contributed by atoms with Gasteiger partial charge in [0.1, 0.15) is 6.61 Å². The first kappa shape index (κ1) is 38.4. The molecule has 0 saturated heterocycles. The van der Waals surface area contributed by atoms with Gasteiger partial charge >= 0.3 is 5.97 Å². The van der Waals surface area contributed by atoms with E-state index < -0.39 is 5.97 Å². The number of benzene rings is 3. The Bertz CT molecular complexity index is 1590. The Hall–Kier alpha value is -3.83. The van der Waals surface area contributed by atoms with Gasteiger partial charge in [-0.05, 0) is 118 Å². The number of hydrogen-bond acceptors (Lipinski definition) is 8. The first-order valence-electron chi connectivity index (χ1n) is 17.9. The molecule has 1 amide bonds. The monoisotopic (exact) mass is 721 g/mol. The van der Waals surface area contributed by atoms with E-state index in [0.717, 1.165) is 54.0 Å². The van der Waals surface area contributed by atoms with Crippen LogP contribution in [0.25, 0.3) is 0 Å². The summed E-state index contributed by atoms with van der Waals surface area (Å²) in [6, 6.07) is 20.2. The lowest BCUT2D eigenvalue weighted by Gasteiger charge is -2.38. The van der Waals surface area contributed by atoms with E-state index >= 15 is 0 Å². The number of anilines is 2. The topological polar surface area (TPSA) is 101 Å². The lowest BCUT2D eigenvalue weighted by Crippen LogP contribution is -2.41. The van der Waals surface area contributed by atoms with E-state index in [0.29, 0.717) is 41.7 Å². The van der Waals surface area contributed by atoms with Crippen molar-refractivity contribution >= 4 is 34.9 Å². The minimum absolute atomic E-state index is 0.0150. The van der Waals surface area contributed by atoms with Crippen LogP contribution in [0.2, 0.25) is 5.02 Å². The molecule has 1 aliphatic heterocycles. The maximum atomic E-state index is 13.9. The van der Waals surface area contributed by atoms with Crippen molar-refractivity contribution in [3.8, 4) is 11.5 Å². The van der Waals surface area contributed by atoms with Crippen molar-refractivity contribution in [1.82, 2.24) is 4.90 Å². The number of halogens is 1. The zero-order valence-corrected chi connectivity index (χ0v) is 31.2. The molecule has 1 heterocycles. The quantitative estimate of drug-likeness (QED) is 0.150. The third-order valence-electron chi connectivity index (χ3n) is 9.86. The van der Waals surface area contributed by atoms with Gasteiger partial charge in [0.2, 0.25) is 5.91 Å². The van der Waals surface area contributed by atoms with Crippen molar-refractivity contribution in [2.45, 2.75) is 64.1 Å². The van der Waals surface area contributed by atoms with E-state index in [9.17, 15) is 9.59 Å². The zero-order valence-electron chi connectivity index (χ0n) is 30.5. The fourth-order valence-corrected chi connectivity index (χ4v) is 7.35. The van der Waals surface area contributed by atoms with Crippen LogP contribution in [0.1, 0.15) is 62.3 Å². The third kappa shape index (κ3) is 10.2. The van der Waals surface area contributed by atoms with E-state index in [1.165, 1.54) is 12.8 Å². The van der Waals surface area contributed by atoms with Gasteiger partial charge in [-0.25, -0.2) is 4.79 Å². The second-order valence-electron chi connectivity index (χ2n) is 13.9. The smallest absolute Gasteiger partial charge is 0.329 e. The molecule has 1 atom stereocenters. The molecule has 1 saturated carbocycles. The number of carbonyl (C=O) groups is 2.